The molecule has 6 nitrogen and oxygen atoms in total. The Labute approximate surface area is 136 Å². The third kappa shape index (κ3) is 3.49. The summed E-state index contributed by atoms with van der Waals surface area (Å²) in [5, 5.41) is 11.3. The molecule has 2 aromatic carbocycles. The van der Waals surface area contributed by atoms with Crippen LogP contribution in [0, 0.1) is 17.0 Å². The summed E-state index contributed by atoms with van der Waals surface area (Å²) in [4.78, 5) is 9.96. The predicted octanol–water partition coefficient (Wildman–Crippen LogP) is 4.01. The summed E-state index contributed by atoms with van der Waals surface area (Å²) in [6, 6.07) is 7.87. The monoisotopic (exact) mass is 360 g/mol. The minimum atomic E-state index is -3.99. The van der Waals surface area contributed by atoms with E-state index in [1.54, 1.807) is 6.92 Å². The molecule has 0 fully saturated rings. The number of nitro groups is 1. The van der Waals surface area contributed by atoms with Crippen LogP contribution in [0.4, 0.5) is 11.4 Å². The van der Waals surface area contributed by atoms with Gasteiger partial charge in [0.25, 0.3) is 15.7 Å². The SMILES string of the molecule is Cc1ccc([N+](=O)[O-])cc1S(=O)(=O)Nc1ccc(Cl)c(Cl)c1. The third-order valence-corrected chi connectivity index (χ3v) is 5.11. The van der Waals surface area contributed by atoms with Crippen molar-refractivity contribution in [3.8, 4) is 0 Å². The number of nitrogens with zero attached hydrogens (tertiary/aromatic N) is 1. The zero-order valence-electron chi connectivity index (χ0n) is 11.2. The van der Waals surface area contributed by atoms with Gasteiger partial charge in [0, 0.05) is 12.1 Å². The number of hydrogen-bond donors (Lipinski definition) is 1. The highest BCUT2D eigenvalue weighted by Crippen LogP contribution is 2.28. The molecule has 116 valence electrons. The first-order valence-electron chi connectivity index (χ1n) is 5.93. The molecule has 0 unspecified atom stereocenters. The predicted molar refractivity (Wildman–Crippen MR) is 85.1 cm³/mol. The molecule has 0 saturated heterocycles. The summed E-state index contributed by atoms with van der Waals surface area (Å²) < 4.78 is 27.1. The lowest BCUT2D eigenvalue weighted by atomic mass is 10.2. The molecule has 0 aliphatic carbocycles. The maximum Gasteiger partial charge on any atom is 0.270 e. The Bertz CT molecular complexity index is 853. The number of sulfonamides is 1. The summed E-state index contributed by atoms with van der Waals surface area (Å²) in [5.74, 6) is 0. The van der Waals surface area contributed by atoms with Crippen molar-refractivity contribution in [3.63, 3.8) is 0 Å². The van der Waals surface area contributed by atoms with Crippen LogP contribution in [0.2, 0.25) is 10.0 Å². The smallest absolute Gasteiger partial charge is 0.270 e. The second-order valence-corrected chi connectivity index (χ2v) is 6.91. The largest absolute Gasteiger partial charge is 0.280 e. The number of non-ortho nitro benzene ring substituents is 1. The first kappa shape index (κ1) is 16.5. The summed E-state index contributed by atoms with van der Waals surface area (Å²) >= 11 is 11.6. The first-order valence-corrected chi connectivity index (χ1v) is 8.17. The van der Waals surface area contributed by atoms with Crippen LogP contribution in [0.3, 0.4) is 0 Å². The molecule has 0 radical (unpaired) electrons. The van der Waals surface area contributed by atoms with E-state index in [0.29, 0.717) is 5.56 Å². The van der Waals surface area contributed by atoms with Crippen molar-refractivity contribution in [2.24, 2.45) is 0 Å². The van der Waals surface area contributed by atoms with Crippen molar-refractivity contribution < 1.29 is 13.3 Å². The van der Waals surface area contributed by atoms with Crippen LogP contribution in [-0.4, -0.2) is 13.3 Å². The van der Waals surface area contributed by atoms with Gasteiger partial charge in [-0.3, -0.25) is 14.8 Å². The van der Waals surface area contributed by atoms with Crippen LogP contribution in [0.5, 0.6) is 0 Å². The molecule has 0 bridgehead atoms. The topological polar surface area (TPSA) is 89.3 Å². The Balaban J connectivity index is 2.44. The van der Waals surface area contributed by atoms with Gasteiger partial charge in [0.1, 0.15) is 0 Å². The lowest BCUT2D eigenvalue weighted by molar-refractivity contribution is -0.385. The summed E-state index contributed by atoms with van der Waals surface area (Å²) in [6.45, 7) is 1.55. The van der Waals surface area contributed by atoms with E-state index in [1.807, 2.05) is 0 Å². The highest BCUT2D eigenvalue weighted by molar-refractivity contribution is 7.92. The van der Waals surface area contributed by atoms with E-state index in [2.05, 4.69) is 4.72 Å². The molecule has 9 heteroatoms. The normalized spacial score (nSPS) is 11.2. The van der Waals surface area contributed by atoms with E-state index in [-0.39, 0.29) is 26.3 Å². The van der Waals surface area contributed by atoms with Gasteiger partial charge < -0.3 is 0 Å². The van der Waals surface area contributed by atoms with Crippen molar-refractivity contribution in [1.82, 2.24) is 0 Å². The van der Waals surface area contributed by atoms with Crippen molar-refractivity contribution in [2.45, 2.75) is 11.8 Å². The summed E-state index contributed by atoms with van der Waals surface area (Å²) in [7, 11) is -3.99. The highest BCUT2D eigenvalue weighted by Gasteiger charge is 2.21. The number of nitro benzene ring substituents is 1. The highest BCUT2D eigenvalue weighted by atomic mass is 35.5. The van der Waals surface area contributed by atoms with Crippen LogP contribution in [0.25, 0.3) is 0 Å². The van der Waals surface area contributed by atoms with Gasteiger partial charge in [-0.05, 0) is 30.7 Å². The van der Waals surface area contributed by atoms with E-state index >= 15 is 0 Å². The van der Waals surface area contributed by atoms with Gasteiger partial charge in [0.15, 0.2) is 0 Å². The number of anilines is 1. The minimum absolute atomic E-state index is 0.173. The molecule has 0 saturated carbocycles. The van der Waals surface area contributed by atoms with Gasteiger partial charge in [-0.15, -0.1) is 0 Å². The third-order valence-electron chi connectivity index (χ3n) is 2.84. The maximum absolute atomic E-state index is 12.4. The van der Waals surface area contributed by atoms with E-state index in [4.69, 9.17) is 23.2 Å². The molecule has 0 atom stereocenters. The molecule has 0 amide bonds. The zero-order valence-corrected chi connectivity index (χ0v) is 13.5. The molecule has 0 aliphatic heterocycles. The molecule has 22 heavy (non-hydrogen) atoms. The van der Waals surface area contributed by atoms with Gasteiger partial charge in [0.2, 0.25) is 0 Å². The Hall–Kier alpha value is -1.83. The fourth-order valence-corrected chi connectivity index (χ4v) is 3.37. The minimum Gasteiger partial charge on any atom is -0.280 e. The second kappa shape index (κ2) is 6.12. The van der Waals surface area contributed by atoms with Crippen molar-refractivity contribution >= 4 is 44.6 Å². The van der Waals surface area contributed by atoms with Crippen LogP contribution in [0.1, 0.15) is 5.56 Å². The van der Waals surface area contributed by atoms with E-state index in [0.717, 1.165) is 6.07 Å². The first-order chi connectivity index (χ1) is 10.2. The Morgan fingerprint density at radius 3 is 2.36 bits per heavy atom. The van der Waals surface area contributed by atoms with Crippen molar-refractivity contribution in [1.29, 1.82) is 0 Å². The Morgan fingerprint density at radius 1 is 1.09 bits per heavy atom. The molecule has 1 N–H and O–H groups in total. The Kier molecular flexibility index (Phi) is 4.60. The number of nitrogens with one attached hydrogen (secondary N) is 1. The summed E-state index contributed by atoms with van der Waals surface area (Å²) in [6.07, 6.45) is 0. The molecule has 0 aliphatic rings. The number of aryl methyl sites for hydroxylation is 1. The molecule has 0 spiro atoms. The average molecular weight is 361 g/mol. The maximum atomic E-state index is 12.4. The van der Waals surface area contributed by atoms with Gasteiger partial charge in [0.05, 0.1) is 25.6 Å². The van der Waals surface area contributed by atoms with Crippen LogP contribution >= 0.6 is 23.2 Å². The average Bonchev–Trinajstić information content (AvgIpc) is 2.42. The van der Waals surface area contributed by atoms with Crippen LogP contribution < -0.4 is 4.72 Å². The fraction of sp³-hybridized carbons (Fsp3) is 0.0769. The molecule has 2 rings (SSSR count). The van der Waals surface area contributed by atoms with Crippen molar-refractivity contribution in [3.05, 3.63) is 62.1 Å². The molecule has 0 aromatic heterocycles. The van der Waals surface area contributed by atoms with Crippen LogP contribution in [0.15, 0.2) is 41.3 Å². The van der Waals surface area contributed by atoms with Gasteiger partial charge in [-0.1, -0.05) is 29.3 Å². The second-order valence-electron chi connectivity index (χ2n) is 4.44. The van der Waals surface area contributed by atoms with Gasteiger partial charge >= 0.3 is 0 Å². The van der Waals surface area contributed by atoms with Crippen molar-refractivity contribution in [2.75, 3.05) is 4.72 Å². The number of benzene rings is 2. The lowest BCUT2D eigenvalue weighted by Crippen LogP contribution is -2.14. The van der Waals surface area contributed by atoms with Gasteiger partial charge in [-0.25, -0.2) is 8.42 Å². The van der Waals surface area contributed by atoms with E-state index in [1.165, 1.54) is 30.3 Å². The number of rotatable bonds is 4. The number of halogens is 2. The van der Waals surface area contributed by atoms with Crippen LogP contribution in [-0.2, 0) is 10.0 Å². The Morgan fingerprint density at radius 2 is 1.77 bits per heavy atom. The molecule has 0 heterocycles. The fourth-order valence-electron chi connectivity index (χ4n) is 1.76. The summed E-state index contributed by atoms with van der Waals surface area (Å²) in [5.41, 5.74) is 0.290. The zero-order chi connectivity index (χ0) is 16.5. The lowest BCUT2D eigenvalue weighted by Gasteiger charge is -2.11. The number of hydrogen-bond acceptors (Lipinski definition) is 4. The standard InChI is InChI=1S/C13H10Cl2N2O4S/c1-8-2-4-10(17(18)19)7-13(8)22(20,21)16-9-3-5-11(14)12(15)6-9/h2-7,16H,1H3. The molecule has 2 aromatic rings. The quantitative estimate of drug-likeness (QED) is 0.658. The molecular weight excluding hydrogens is 351 g/mol. The van der Waals surface area contributed by atoms with E-state index in [9.17, 15) is 18.5 Å². The molecular formula is C13H10Cl2N2O4S. The van der Waals surface area contributed by atoms with Gasteiger partial charge in [-0.2, -0.15) is 0 Å². The van der Waals surface area contributed by atoms with E-state index < -0.39 is 14.9 Å².